The second kappa shape index (κ2) is 9.08. The van der Waals surface area contributed by atoms with Crippen molar-refractivity contribution in [2.24, 2.45) is 0 Å². The summed E-state index contributed by atoms with van der Waals surface area (Å²) in [6.45, 7) is 5.21. The van der Waals surface area contributed by atoms with Gasteiger partial charge in [0.05, 0.1) is 19.8 Å². The quantitative estimate of drug-likeness (QED) is 0.407. The van der Waals surface area contributed by atoms with Gasteiger partial charge < -0.3 is 14.2 Å². The fourth-order valence-corrected chi connectivity index (χ4v) is 0.961. The van der Waals surface area contributed by atoms with Gasteiger partial charge in [-0.25, -0.2) is 14.4 Å². The molecule has 0 atom stereocenters. The van der Waals surface area contributed by atoms with Gasteiger partial charge in [0.25, 0.3) is 0 Å². The van der Waals surface area contributed by atoms with Gasteiger partial charge in [0.1, 0.15) is 0 Å². The van der Waals surface area contributed by atoms with Crippen LogP contribution in [0.2, 0.25) is 0 Å². The standard InChI is InChI=1S/C10H18N2O6/c1-4-16-8(13)7(11-9(14)17-5-2)12-10(15)18-6-3/h7H,4-6H2,1-3H3,(H,11,14)(H,12,15). The van der Waals surface area contributed by atoms with Gasteiger partial charge in [0.2, 0.25) is 6.17 Å². The predicted octanol–water partition coefficient (Wildman–Crippen LogP) is 0.368. The summed E-state index contributed by atoms with van der Waals surface area (Å²) in [5.74, 6) is -0.807. The molecule has 0 unspecified atom stereocenters. The smallest absolute Gasteiger partial charge is 0.409 e. The summed E-state index contributed by atoms with van der Waals surface area (Å²) in [5.41, 5.74) is 0. The molecule has 0 heterocycles. The van der Waals surface area contributed by atoms with E-state index in [0.29, 0.717) is 0 Å². The zero-order valence-electron chi connectivity index (χ0n) is 10.6. The molecule has 0 saturated carbocycles. The lowest BCUT2D eigenvalue weighted by Gasteiger charge is -2.17. The van der Waals surface area contributed by atoms with Crippen molar-refractivity contribution in [2.45, 2.75) is 26.9 Å². The summed E-state index contributed by atoms with van der Waals surface area (Å²) in [7, 11) is 0. The number of carbonyl (C=O) groups excluding carboxylic acids is 3. The molecule has 0 rings (SSSR count). The average Bonchev–Trinajstić information content (AvgIpc) is 2.29. The second-order valence-corrected chi connectivity index (χ2v) is 2.91. The van der Waals surface area contributed by atoms with Crippen LogP contribution in [0.3, 0.4) is 0 Å². The molecule has 0 aliphatic heterocycles. The van der Waals surface area contributed by atoms with Crippen molar-refractivity contribution in [3.8, 4) is 0 Å². The number of rotatable bonds is 6. The van der Waals surface area contributed by atoms with Crippen molar-refractivity contribution >= 4 is 18.2 Å². The summed E-state index contributed by atoms with van der Waals surface area (Å²) in [6.07, 6.45) is -3.03. The van der Waals surface area contributed by atoms with Crippen LogP contribution in [0.25, 0.3) is 0 Å². The number of carbonyl (C=O) groups is 3. The Labute approximate surface area is 105 Å². The maximum atomic E-state index is 11.5. The van der Waals surface area contributed by atoms with E-state index in [1.807, 2.05) is 0 Å². The first kappa shape index (κ1) is 16.0. The summed E-state index contributed by atoms with van der Waals surface area (Å²) in [6, 6.07) is 0. The molecule has 0 aliphatic carbocycles. The number of amides is 2. The minimum absolute atomic E-state index is 0.115. The minimum Gasteiger partial charge on any atom is -0.463 e. The molecule has 8 heteroatoms. The number of nitrogens with one attached hydrogen (secondary N) is 2. The lowest BCUT2D eigenvalue weighted by Crippen LogP contribution is -2.53. The third-order valence-corrected chi connectivity index (χ3v) is 1.60. The summed E-state index contributed by atoms with van der Waals surface area (Å²) in [5, 5.41) is 4.29. The zero-order valence-corrected chi connectivity index (χ0v) is 10.6. The lowest BCUT2D eigenvalue weighted by molar-refractivity contribution is -0.146. The van der Waals surface area contributed by atoms with E-state index in [0.717, 1.165) is 0 Å². The first-order valence-corrected chi connectivity index (χ1v) is 5.58. The molecule has 8 nitrogen and oxygen atoms in total. The second-order valence-electron chi connectivity index (χ2n) is 2.91. The number of ether oxygens (including phenoxy) is 3. The maximum absolute atomic E-state index is 11.5. The Hall–Kier alpha value is -1.99. The zero-order chi connectivity index (χ0) is 14.0. The van der Waals surface area contributed by atoms with E-state index in [1.54, 1.807) is 20.8 Å². The molecular weight excluding hydrogens is 244 g/mol. The molecular formula is C10H18N2O6. The van der Waals surface area contributed by atoms with Crippen molar-refractivity contribution in [3.05, 3.63) is 0 Å². The van der Waals surface area contributed by atoms with Crippen LogP contribution in [0.1, 0.15) is 20.8 Å². The Morgan fingerprint density at radius 2 is 1.22 bits per heavy atom. The first-order chi connectivity index (χ1) is 8.54. The van der Waals surface area contributed by atoms with E-state index >= 15 is 0 Å². The van der Waals surface area contributed by atoms with Crippen LogP contribution in [-0.2, 0) is 19.0 Å². The Morgan fingerprint density at radius 3 is 1.56 bits per heavy atom. The fraction of sp³-hybridized carbons (Fsp3) is 0.700. The van der Waals surface area contributed by atoms with Crippen LogP contribution in [0.4, 0.5) is 9.59 Å². The highest BCUT2D eigenvalue weighted by Crippen LogP contribution is 1.90. The highest BCUT2D eigenvalue weighted by Gasteiger charge is 2.25. The number of alkyl carbamates (subject to hydrolysis) is 2. The topological polar surface area (TPSA) is 103 Å². The Kier molecular flexibility index (Phi) is 8.08. The highest BCUT2D eigenvalue weighted by molar-refractivity contribution is 5.84. The Morgan fingerprint density at radius 1 is 0.833 bits per heavy atom. The van der Waals surface area contributed by atoms with Crippen LogP contribution in [0.5, 0.6) is 0 Å². The molecule has 0 aliphatic rings. The molecule has 0 aromatic carbocycles. The summed E-state index contributed by atoms with van der Waals surface area (Å²) >= 11 is 0. The lowest BCUT2D eigenvalue weighted by atomic mass is 10.5. The van der Waals surface area contributed by atoms with E-state index in [1.165, 1.54) is 0 Å². The van der Waals surface area contributed by atoms with Crippen molar-refractivity contribution in [2.75, 3.05) is 19.8 Å². The van der Waals surface area contributed by atoms with Gasteiger partial charge in [-0.2, -0.15) is 0 Å². The molecule has 2 N–H and O–H groups in total. The third-order valence-electron chi connectivity index (χ3n) is 1.60. The predicted molar refractivity (Wildman–Crippen MR) is 60.7 cm³/mol. The van der Waals surface area contributed by atoms with Crippen molar-refractivity contribution < 1.29 is 28.6 Å². The largest absolute Gasteiger partial charge is 0.463 e. The van der Waals surface area contributed by atoms with Gasteiger partial charge in [-0.1, -0.05) is 0 Å². The molecule has 0 bridgehead atoms. The van der Waals surface area contributed by atoms with E-state index in [-0.39, 0.29) is 19.8 Å². The van der Waals surface area contributed by atoms with Gasteiger partial charge in [0, 0.05) is 0 Å². The van der Waals surface area contributed by atoms with Crippen LogP contribution in [0, 0.1) is 0 Å². The van der Waals surface area contributed by atoms with Crippen molar-refractivity contribution in [3.63, 3.8) is 0 Å². The van der Waals surface area contributed by atoms with Crippen molar-refractivity contribution in [1.82, 2.24) is 10.6 Å². The monoisotopic (exact) mass is 262 g/mol. The number of hydrogen-bond donors (Lipinski definition) is 2. The third kappa shape index (κ3) is 6.56. The molecule has 0 saturated heterocycles. The molecule has 0 spiro atoms. The first-order valence-electron chi connectivity index (χ1n) is 5.58. The van der Waals surface area contributed by atoms with E-state index in [9.17, 15) is 14.4 Å². The maximum Gasteiger partial charge on any atom is 0.409 e. The van der Waals surface area contributed by atoms with Crippen LogP contribution in [0.15, 0.2) is 0 Å². The van der Waals surface area contributed by atoms with Crippen LogP contribution in [-0.4, -0.2) is 44.1 Å². The van der Waals surface area contributed by atoms with E-state index in [4.69, 9.17) is 0 Å². The van der Waals surface area contributed by atoms with Gasteiger partial charge in [-0.3, -0.25) is 10.6 Å². The molecule has 0 radical (unpaired) electrons. The molecule has 18 heavy (non-hydrogen) atoms. The Balaban J connectivity index is 4.46. The number of esters is 1. The summed E-state index contributed by atoms with van der Waals surface area (Å²) < 4.78 is 13.9. The van der Waals surface area contributed by atoms with Gasteiger partial charge >= 0.3 is 18.2 Å². The molecule has 2 amide bonds. The molecule has 104 valence electrons. The number of hydrogen-bond acceptors (Lipinski definition) is 6. The van der Waals surface area contributed by atoms with Crippen molar-refractivity contribution in [1.29, 1.82) is 0 Å². The Bertz CT molecular complexity index is 274. The molecule has 0 fully saturated rings. The fourth-order valence-electron chi connectivity index (χ4n) is 0.961. The van der Waals surface area contributed by atoms with E-state index < -0.39 is 24.3 Å². The highest BCUT2D eigenvalue weighted by atomic mass is 16.6. The van der Waals surface area contributed by atoms with Crippen LogP contribution < -0.4 is 10.6 Å². The average molecular weight is 262 g/mol. The molecule has 0 aromatic heterocycles. The van der Waals surface area contributed by atoms with E-state index in [2.05, 4.69) is 24.8 Å². The normalized spacial score (nSPS) is 9.56. The van der Waals surface area contributed by atoms with Gasteiger partial charge in [0.15, 0.2) is 0 Å². The SMILES string of the molecule is CCOC(=O)NC(NC(=O)OCC)C(=O)OCC. The minimum atomic E-state index is -1.34. The van der Waals surface area contributed by atoms with Gasteiger partial charge in [-0.05, 0) is 20.8 Å². The van der Waals surface area contributed by atoms with Crippen LogP contribution >= 0.6 is 0 Å². The van der Waals surface area contributed by atoms with Gasteiger partial charge in [-0.15, -0.1) is 0 Å². The molecule has 0 aromatic rings. The summed E-state index contributed by atoms with van der Waals surface area (Å²) in [4.78, 5) is 33.8.